The second kappa shape index (κ2) is 9.05. The first-order valence-corrected chi connectivity index (χ1v) is 12.9. The number of imide groups is 1. The van der Waals surface area contributed by atoms with Gasteiger partial charge in [0, 0.05) is 34.3 Å². The number of hydrogen-bond acceptors (Lipinski definition) is 6. The zero-order chi connectivity index (χ0) is 27.6. The van der Waals surface area contributed by atoms with Crippen LogP contribution in [0.2, 0.25) is 0 Å². The second-order valence-corrected chi connectivity index (χ2v) is 10.5. The number of benzene rings is 2. The van der Waals surface area contributed by atoms with Gasteiger partial charge in [-0.1, -0.05) is 42.5 Å². The van der Waals surface area contributed by atoms with Crippen molar-refractivity contribution >= 4 is 35.1 Å². The highest BCUT2D eigenvalue weighted by atomic mass is 16.5. The third kappa shape index (κ3) is 3.64. The molecule has 1 N–H and O–H groups in total. The van der Waals surface area contributed by atoms with Crippen LogP contribution in [0.1, 0.15) is 36.8 Å². The van der Waals surface area contributed by atoms with Gasteiger partial charge in [0.2, 0.25) is 11.8 Å². The van der Waals surface area contributed by atoms with E-state index in [1.807, 2.05) is 6.08 Å². The number of ether oxygens (including phenoxy) is 1. The number of carbonyl (C=O) groups excluding carboxylic acids is 4. The third-order valence-corrected chi connectivity index (χ3v) is 8.48. The quantitative estimate of drug-likeness (QED) is 0.356. The maximum atomic E-state index is 13.9. The molecule has 39 heavy (non-hydrogen) atoms. The van der Waals surface area contributed by atoms with Crippen LogP contribution < -0.4 is 9.64 Å². The zero-order valence-electron chi connectivity index (χ0n) is 21.6. The van der Waals surface area contributed by atoms with Crippen LogP contribution in [0.4, 0.5) is 5.69 Å². The SMILES string of the molecule is C=Cc1ccc(N2C(=O)[C@H]3[C@H](CC=C4[C@H](c5ccc(O)cc5OC)C5=C(C[C@H]43)C(=O)C=C(C)C5=O)C2=O)cc1. The molecule has 1 fully saturated rings. The van der Waals surface area contributed by atoms with E-state index in [0.29, 0.717) is 40.1 Å². The summed E-state index contributed by atoms with van der Waals surface area (Å²) < 4.78 is 5.59. The lowest BCUT2D eigenvalue weighted by Crippen LogP contribution is -2.40. The van der Waals surface area contributed by atoms with Crippen LogP contribution in [0.3, 0.4) is 0 Å². The first-order chi connectivity index (χ1) is 18.7. The Morgan fingerprint density at radius 3 is 2.46 bits per heavy atom. The normalized spacial score (nSPS) is 26.1. The molecule has 6 rings (SSSR count). The Balaban J connectivity index is 1.49. The molecule has 2 aromatic carbocycles. The predicted octanol–water partition coefficient (Wildman–Crippen LogP) is 4.68. The highest BCUT2D eigenvalue weighted by Gasteiger charge is 2.56. The lowest BCUT2D eigenvalue weighted by molar-refractivity contribution is -0.123. The number of phenols is 1. The number of rotatable bonds is 4. The van der Waals surface area contributed by atoms with E-state index in [1.165, 1.54) is 30.2 Å². The van der Waals surface area contributed by atoms with E-state index in [9.17, 15) is 24.3 Å². The molecule has 3 aliphatic carbocycles. The van der Waals surface area contributed by atoms with Gasteiger partial charge in [-0.25, -0.2) is 0 Å². The molecule has 1 saturated heterocycles. The smallest absolute Gasteiger partial charge is 0.238 e. The molecule has 4 atom stereocenters. The summed E-state index contributed by atoms with van der Waals surface area (Å²) in [7, 11) is 1.48. The molecule has 0 saturated carbocycles. The van der Waals surface area contributed by atoms with Gasteiger partial charge in [0.05, 0.1) is 24.6 Å². The third-order valence-electron chi connectivity index (χ3n) is 8.48. The monoisotopic (exact) mass is 521 g/mol. The molecule has 4 aliphatic rings. The van der Waals surface area contributed by atoms with Gasteiger partial charge < -0.3 is 9.84 Å². The first kappa shape index (κ1) is 24.8. The van der Waals surface area contributed by atoms with E-state index >= 15 is 0 Å². The number of phenolic OH excluding ortho intramolecular Hbond substituents is 1. The van der Waals surface area contributed by atoms with Crippen molar-refractivity contribution in [2.75, 3.05) is 12.0 Å². The van der Waals surface area contributed by atoms with Crippen LogP contribution in [0, 0.1) is 17.8 Å². The highest BCUT2D eigenvalue weighted by molar-refractivity contribution is 6.25. The average molecular weight is 522 g/mol. The lowest BCUT2D eigenvalue weighted by atomic mass is 9.59. The molecule has 0 radical (unpaired) electrons. The average Bonchev–Trinajstić information content (AvgIpc) is 3.20. The standard InChI is InChI=1S/C32H27NO6/c1-4-17-5-7-18(8-6-17)33-31(37)22-12-11-20-23(28(22)32(33)38)15-24-25(35)13-16(2)30(36)29(24)27(20)21-10-9-19(34)14-26(21)39-3/h4-11,13-14,22-23,27-28,34H,1,12,15H2,2-3H3/t22-,23+,27+,28-/m0/s1. The van der Waals surface area contributed by atoms with Crippen molar-refractivity contribution in [1.82, 2.24) is 0 Å². The summed E-state index contributed by atoms with van der Waals surface area (Å²) in [5.41, 5.74) is 3.96. The van der Waals surface area contributed by atoms with Gasteiger partial charge in [-0.2, -0.15) is 0 Å². The Labute approximate surface area is 225 Å². The zero-order valence-corrected chi connectivity index (χ0v) is 21.6. The number of aromatic hydroxyl groups is 1. The van der Waals surface area contributed by atoms with Gasteiger partial charge in [0.15, 0.2) is 11.6 Å². The van der Waals surface area contributed by atoms with E-state index in [0.717, 1.165) is 11.1 Å². The Kier molecular flexibility index (Phi) is 5.75. The molecule has 1 aliphatic heterocycles. The minimum absolute atomic E-state index is 0.00616. The molecular formula is C32H27NO6. The number of allylic oxidation sites excluding steroid dienone is 6. The molecular weight excluding hydrogens is 494 g/mol. The molecule has 2 aromatic rings. The van der Waals surface area contributed by atoms with Crippen molar-refractivity contribution in [2.24, 2.45) is 17.8 Å². The topological polar surface area (TPSA) is 101 Å². The summed E-state index contributed by atoms with van der Waals surface area (Å²) in [6.45, 7) is 5.38. The van der Waals surface area contributed by atoms with E-state index in [-0.39, 0.29) is 35.6 Å². The van der Waals surface area contributed by atoms with Crippen LogP contribution in [0.25, 0.3) is 6.08 Å². The van der Waals surface area contributed by atoms with E-state index in [4.69, 9.17) is 4.74 Å². The van der Waals surface area contributed by atoms with Crippen molar-refractivity contribution in [2.45, 2.75) is 25.7 Å². The van der Waals surface area contributed by atoms with Gasteiger partial charge in [0.1, 0.15) is 11.5 Å². The fraction of sp³-hybridized carbons (Fsp3) is 0.250. The number of methoxy groups -OCH3 is 1. The molecule has 1 heterocycles. The molecule has 0 spiro atoms. The maximum absolute atomic E-state index is 13.9. The molecule has 2 amide bonds. The van der Waals surface area contributed by atoms with Crippen molar-refractivity contribution < 1.29 is 29.0 Å². The Bertz CT molecular complexity index is 1570. The van der Waals surface area contributed by atoms with E-state index in [2.05, 4.69) is 6.58 Å². The molecule has 0 aromatic heterocycles. The number of anilines is 1. The van der Waals surface area contributed by atoms with Crippen LogP contribution >= 0.6 is 0 Å². The van der Waals surface area contributed by atoms with E-state index in [1.54, 1.807) is 43.3 Å². The number of ketones is 2. The summed E-state index contributed by atoms with van der Waals surface area (Å²) in [5.74, 6) is -2.94. The van der Waals surface area contributed by atoms with Gasteiger partial charge >= 0.3 is 0 Å². The highest BCUT2D eigenvalue weighted by Crippen LogP contribution is 2.56. The molecule has 196 valence electrons. The Morgan fingerprint density at radius 1 is 1.03 bits per heavy atom. The molecule has 0 unspecified atom stereocenters. The largest absolute Gasteiger partial charge is 0.508 e. The number of fused-ring (bicyclic) bond motifs is 3. The van der Waals surface area contributed by atoms with Crippen LogP contribution in [0.15, 0.2) is 83.5 Å². The summed E-state index contributed by atoms with van der Waals surface area (Å²) in [6, 6.07) is 11.8. The van der Waals surface area contributed by atoms with E-state index < -0.39 is 23.7 Å². The minimum Gasteiger partial charge on any atom is -0.508 e. The van der Waals surface area contributed by atoms with Gasteiger partial charge in [-0.15, -0.1) is 0 Å². The molecule has 7 nitrogen and oxygen atoms in total. The molecule has 7 heteroatoms. The summed E-state index contributed by atoms with van der Waals surface area (Å²) in [4.78, 5) is 55.6. The second-order valence-electron chi connectivity index (χ2n) is 10.5. The fourth-order valence-electron chi connectivity index (χ4n) is 6.67. The molecule has 0 bridgehead atoms. The van der Waals surface area contributed by atoms with Crippen LogP contribution in [0.5, 0.6) is 11.5 Å². The lowest BCUT2D eigenvalue weighted by Gasteiger charge is -2.42. The number of amides is 2. The Morgan fingerprint density at radius 2 is 1.77 bits per heavy atom. The number of carbonyl (C=O) groups is 4. The predicted molar refractivity (Wildman–Crippen MR) is 145 cm³/mol. The Hall–Kier alpha value is -4.52. The minimum atomic E-state index is -0.661. The van der Waals surface area contributed by atoms with Crippen molar-refractivity contribution in [3.63, 3.8) is 0 Å². The summed E-state index contributed by atoms with van der Waals surface area (Å²) in [5, 5.41) is 10.1. The van der Waals surface area contributed by atoms with Gasteiger partial charge in [0.25, 0.3) is 0 Å². The fourth-order valence-corrected chi connectivity index (χ4v) is 6.67. The van der Waals surface area contributed by atoms with Gasteiger partial charge in [-0.3, -0.25) is 24.1 Å². The van der Waals surface area contributed by atoms with Gasteiger partial charge in [-0.05, 0) is 55.5 Å². The van der Waals surface area contributed by atoms with Crippen molar-refractivity contribution in [3.05, 3.63) is 94.6 Å². The van der Waals surface area contributed by atoms with Crippen LogP contribution in [-0.2, 0) is 19.2 Å². The van der Waals surface area contributed by atoms with Crippen molar-refractivity contribution in [1.29, 1.82) is 0 Å². The number of hydrogen-bond donors (Lipinski definition) is 1. The number of nitrogens with zero attached hydrogens (tertiary/aromatic N) is 1. The van der Waals surface area contributed by atoms with Crippen molar-refractivity contribution in [3.8, 4) is 11.5 Å². The summed E-state index contributed by atoms with van der Waals surface area (Å²) in [6.07, 6.45) is 5.57. The van der Waals surface area contributed by atoms with Crippen LogP contribution in [-0.4, -0.2) is 35.6 Å². The maximum Gasteiger partial charge on any atom is 0.238 e. The number of Topliss-reactive ketones (excluding diaryl/α,β-unsaturated/α-hetero) is 1. The summed E-state index contributed by atoms with van der Waals surface area (Å²) >= 11 is 0. The first-order valence-electron chi connectivity index (χ1n) is 12.9.